The van der Waals surface area contributed by atoms with E-state index >= 15 is 0 Å². The molecule has 4 aromatic rings. The second-order valence-corrected chi connectivity index (χ2v) is 9.50. The molecule has 2 N–H and O–H groups in total. The van der Waals surface area contributed by atoms with Gasteiger partial charge in [-0.15, -0.1) is 0 Å². The normalized spacial score (nSPS) is 13.4. The van der Waals surface area contributed by atoms with Gasteiger partial charge in [0.2, 0.25) is 5.89 Å². The van der Waals surface area contributed by atoms with Gasteiger partial charge in [0.25, 0.3) is 11.6 Å². The molecule has 0 aliphatic carbocycles. The lowest BCUT2D eigenvalue weighted by atomic mass is 10.1. The topological polar surface area (TPSA) is 123 Å². The van der Waals surface area contributed by atoms with E-state index in [-0.39, 0.29) is 16.4 Å². The molecule has 0 saturated carbocycles. The summed E-state index contributed by atoms with van der Waals surface area (Å²) in [6.45, 7) is 2.07. The lowest BCUT2D eigenvalue weighted by molar-refractivity contribution is -0.384. The zero-order valence-corrected chi connectivity index (χ0v) is 21.7. The molecule has 10 nitrogen and oxygen atoms in total. The van der Waals surface area contributed by atoms with Crippen LogP contribution in [-0.2, 0) is 4.74 Å². The number of hydrogen-bond donors (Lipinski definition) is 2. The van der Waals surface area contributed by atoms with Gasteiger partial charge < -0.3 is 19.4 Å². The maximum atomic E-state index is 12.8. The molecule has 1 aromatic heterocycles. The van der Waals surface area contributed by atoms with E-state index in [1.807, 2.05) is 29.2 Å². The molecule has 12 heteroatoms. The predicted molar refractivity (Wildman–Crippen MR) is 147 cm³/mol. The molecule has 0 unspecified atom stereocenters. The fourth-order valence-corrected chi connectivity index (χ4v) is 4.58. The molecule has 0 radical (unpaired) electrons. The van der Waals surface area contributed by atoms with E-state index in [2.05, 4.69) is 31.5 Å². The number of ether oxygens (including phenoxy) is 1. The number of amides is 1. The summed E-state index contributed by atoms with van der Waals surface area (Å²) < 4.78 is 12.1. The first kappa shape index (κ1) is 24.8. The van der Waals surface area contributed by atoms with Gasteiger partial charge in [0.1, 0.15) is 11.2 Å². The molecule has 1 saturated heterocycles. The number of morpholine rings is 1. The summed E-state index contributed by atoms with van der Waals surface area (Å²) in [5.74, 6) is -0.0833. The van der Waals surface area contributed by atoms with Crippen LogP contribution in [0.25, 0.3) is 22.6 Å². The number of nitrogens with zero attached hydrogens (tertiary/aromatic N) is 3. The van der Waals surface area contributed by atoms with Crippen molar-refractivity contribution >= 4 is 67.3 Å². The number of anilines is 2. The molecule has 37 heavy (non-hydrogen) atoms. The Morgan fingerprint density at radius 1 is 1.11 bits per heavy atom. The third-order valence-electron chi connectivity index (χ3n) is 5.73. The molecule has 0 bridgehead atoms. The van der Waals surface area contributed by atoms with E-state index < -0.39 is 10.8 Å². The molecule has 1 fully saturated rings. The largest absolute Gasteiger partial charge is 0.436 e. The number of thiocarbonyl (C=S) groups is 1. The van der Waals surface area contributed by atoms with Crippen molar-refractivity contribution < 1.29 is 18.9 Å². The van der Waals surface area contributed by atoms with Crippen molar-refractivity contribution in [2.24, 2.45) is 0 Å². The Morgan fingerprint density at radius 3 is 2.68 bits per heavy atom. The van der Waals surface area contributed by atoms with E-state index in [1.54, 1.807) is 30.3 Å². The number of nitro groups is 1. The van der Waals surface area contributed by atoms with E-state index in [1.165, 1.54) is 6.07 Å². The zero-order chi connectivity index (χ0) is 25.9. The molecule has 2 heterocycles. The summed E-state index contributed by atoms with van der Waals surface area (Å²) in [7, 11) is 0. The number of halogens is 1. The summed E-state index contributed by atoms with van der Waals surface area (Å²) in [6.07, 6.45) is 0. The van der Waals surface area contributed by atoms with Crippen LogP contribution in [0.3, 0.4) is 0 Å². The standard InChI is InChI=1S/C25H20BrN5O5S/c26-17-3-1-2-16(12-17)24-28-19-14-18(5-7-22(19)36-24)27-25(37)29-23(32)15-4-6-20(21(13-15)31(33)34)30-8-10-35-11-9-30/h1-7,12-14H,8-11H2,(H2,27,29,32,37). The summed E-state index contributed by atoms with van der Waals surface area (Å²) in [6, 6.07) is 17.3. The van der Waals surface area contributed by atoms with Crippen LogP contribution >= 0.6 is 28.1 Å². The second kappa shape index (κ2) is 10.6. The van der Waals surface area contributed by atoms with Crippen LogP contribution in [-0.4, -0.2) is 47.2 Å². The molecule has 188 valence electrons. The van der Waals surface area contributed by atoms with Crippen LogP contribution in [0.5, 0.6) is 0 Å². The predicted octanol–water partition coefficient (Wildman–Crippen LogP) is 5.13. The minimum Gasteiger partial charge on any atom is -0.436 e. The molecule has 1 aliphatic rings. The number of rotatable bonds is 5. The first-order chi connectivity index (χ1) is 17.9. The van der Waals surface area contributed by atoms with E-state index in [4.69, 9.17) is 21.4 Å². The molecule has 0 atom stereocenters. The fourth-order valence-electron chi connectivity index (χ4n) is 3.97. The highest BCUT2D eigenvalue weighted by molar-refractivity contribution is 9.10. The Balaban J connectivity index is 1.28. The quantitative estimate of drug-likeness (QED) is 0.187. The Hall–Kier alpha value is -3.87. The molecule has 3 aromatic carbocycles. The lowest BCUT2D eigenvalue weighted by Gasteiger charge is -2.28. The van der Waals surface area contributed by atoms with Gasteiger partial charge in [-0.05, 0) is 60.7 Å². The van der Waals surface area contributed by atoms with Crippen LogP contribution in [0.15, 0.2) is 69.6 Å². The first-order valence-corrected chi connectivity index (χ1v) is 12.5. The molecule has 1 amide bonds. The Morgan fingerprint density at radius 2 is 1.92 bits per heavy atom. The van der Waals surface area contributed by atoms with Crippen molar-refractivity contribution in [1.29, 1.82) is 0 Å². The smallest absolute Gasteiger partial charge is 0.293 e. The summed E-state index contributed by atoms with van der Waals surface area (Å²) in [5, 5.41) is 17.2. The molecular weight excluding hydrogens is 562 g/mol. The Kier molecular flexibility index (Phi) is 7.12. The van der Waals surface area contributed by atoms with Crippen LogP contribution in [0.4, 0.5) is 17.1 Å². The zero-order valence-electron chi connectivity index (χ0n) is 19.3. The van der Waals surface area contributed by atoms with Gasteiger partial charge in [0.05, 0.1) is 18.1 Å². The van der Waals surface area contributed by atoms with Crippen LogP contribution < -0.4 is 15.5 Å². The number of hydrogen-bond acceptors (Lipinski definition) is 8. The SMILES string of the molecule is O=C(NC(=S)Nc1ccc2oc(-c3cccc(Br)c3)nc2c1)c1ccc(N2CCOCC2)c([N+](=O)[O-])c1. The maximum Gasteiger partial charge on any atom is 0.293 e. The third kappa shape index (κ3) is 5.61. The van der Waals surface area contributed by atoms with E-state index in [9.17, 15) is 14.9 Å². The maximum absolute atomic E-state index is 12.8. The average molecular weight is 582 g/mol. The number of carbonyl (C=O) groups excluding carboxylic acids is 1. The first-order valence-electron chi connectivity index (χ1n) is 11.3. The van der Waals surface area contributed by atoms with Crippen LogP contribution in [0, 0.1) is 10.1 Å². The van der Waals surface area contributed by atoms with Crippen molar-refractivity contribution in [1.82, 2.24) is 10.3 Å². The monoisotopic (exact) mass is 581 g/mol. The number of nitrogens with one attached hydrogen (secondary N) is 2. The number of aromatic nitrogens is 1. The van der Waals surface area contributed by atoms with Gasteiger partial charge in [-0.1, -0.05) is 22.0 Å². The van der Waals surface area contributed by atoms with Gasteiger partial charge >= 0.3 is 0 Å². The highest BCUT2D eigenvalue weighted by atomic mass is 79.9. The van der Waals surface area contributed by atoms with Gasteiger partial charge in [-0.3, -0.25) is 20.2 Å². The number of benzene rings is 3. The average Bonchev–Trinajstić information content (AvgIpc) is 3.32. The number of carbonyl (C=O) groups is 1. The van der Waals surface area contributed by atoms with E-state index in [0.717, 1.165) is 10.0 Å². The minimum absolute atomic E-state index is 0.0416. The molecular formula is C25H20BrN5O5S. The van der Waals surface area contributed by atoms with Gasteiger partial charge in [0.15, 0.2) is 10.7 Å². The number of nitro benzene ring substituents is 1. The third-order valence-corrected chi connectivity index (χ3v) is 6.43. The molecule has 1 aliphatic heterocycles. The Bertz CT molecular complexity index is 1520. The van der Waals surface area contributed by atoms with Crippen molar-refractivity contribution in [3.63, 3.8) is 0 Å². The van der Waals surface area contributed by atoms with Crippen molar-refractivity contribution in [2.75, 3.05) is 36.5 Å². The van der Waals surface area contributed by atoms with Gasteiger partial charge in [0, 0.05) is 40.4 Å². The highest BCUT2D eigenvalue weighted by Gasteiger charge is 2.23. The minimum atomic E-state index is -0.561. The van der Waals surface area contributed by atoms with Crippen molar-refractivity contribution in [3.05, 3.63) is 80.8 Å². The summed E-state index contributed by atoms with van der Waals surface area (Å²) >= 11 is 8.74. The highest BCUT2D eigenvalue weighted by Crippen LogP contribution is 2.30. The number of fused-ring (bicyclic) bond motifs is 1. The second-order valence-electron chi connectivity index (χ2n) is 8.18. The van der Waals surface area contributed by atoms with E-state index in [0.29, 0.717) is 54.7 Å². The lowest BCUT2D eigenvalue weighted by Crippen LogP contribution is -2.37. The van der Waals surface area contributed by atoms with Crippen LogP contribution in [0.2, 0.25) is 0 Å². The van der Waals surface area contributed by atoms with Crippen molar-refractivity contribution in [3.8, 4) is 11.5 Å². The van der Waals surface area contributed by atoms with Gasteiger partial charge in [-0.25, -0.2) is 4.98 Å². The summed E-state index contributed by atoms with van der Waals surface area (Å²) in [5.41, 5.74) is 3.07. The fraction of sp³-hybridized carbons (Fsp3) is 0.160. The van der Waals surface area contributed by atoms with Crippen molar-refractivity contribution in [2.45, 2.75) is 0 Å². The molecule has 0 spiro atoms. The van der Waals surface area contributed by atoms with Gasteiger partial charge in [-0.2, -0.15) is 0 Å². The summed E-state index contributed by atoms with van der Waals surface area (Å²) in [4.78, 5) is 30.4. The number of oxazole rings is 1. The molecule has 5 rings (SSSR count). The Labute approximate surface area is 224 Å². The van der Waals surface area contributed by atoms with Crippen LogP contribution in [0.1, 0.15) is 10.4 Å².